The van der Waals surface area contributed by atoms with Crippen LogP contribution >= 0.6 is 24.8 Å². The Balaban J connectivity index is 0.000000980. The summed E-state index contributed by atoms with van der Waals surface area (Å²) in [5.74, 6) is 0. The molecule has 2 aliphatic rings. The summed E-state index contributed by atoms with van der Waals surface area (Å²) in [5, 5.41) is 3.43. The third-order valence-corrected chi connectivity index (χ3v) is 5.17. The zero-order valence-electron chi connectivity index (χ0n) is 8.61. The predicted molar refractivity (Wildman–Crippen MR) is 67.4 cm³/mol. The Morgan fingerprint density at radius 1 is 1.20 bits per heavy atom. The van der Waals surface area contributed by atoms with Gasteiger partial charge in [0.15, 0.2) is 0 Å². The van der Waals surface area contributed by atoms with E-state index in [9.17, 15) is 4.21 Å². The first kappa shape index (κ1) is 15.4. The van der Waals surface area contributed by atoms with Gasteiger partial charge >= 0.3 is 0 Å². The van der Waals surface area contributed by atoms with E-state index >= 15 is 0 Å². The molecule has 7 heteroatoms. The van der Waals surface area contributed by atoms with Gasteiger partial charge < -0.3 is 5.32 Å². The molecule has 0 radical (unpaired) electrons. The lowest BCUT2D eigenvalue weighted by Crippen LogP contribution is -2.35. The van der Waals surface area contributed by atoms with Gasteiger partial charge in [0, 0.05) is 19.6 Å². The summed E-state index contributed by atoms with van der Waals surface area (Å²) in [6.45, 7) is 3.48. The molecule has 1 heterocycles. The second-order valence-corrected chi connectivity index (χ2v) is 6.12. The maximum atomic E-state index is 12.0. The minimum absolute atomic E-state index is 0. The van der Waals surface area contributed by atoms with Gasteiger partial charge in [-0.1, -0.05) is 0 Å². The van der Waals surface area contributed by atoms with Crippen molar-refractivity contribution in [3.8, 4) is 0 Å². The summed E-state index contributed by atoms with van der Waals surface area (Å²) in [6.07, 6.45) is 3.00. The lowest BCUT2D eigenvalue weighted by molar-refractivity contribution is 0.462. The second kappa shape index (κ2) is 6.25. The quantitative estimate of drug-likeness (QED) is 0.797. The van der Waals surface area contributed by atoms with E-state index in [1.54, 1.807) is 0 Å². The Kier molecular flexibility index (Phi) is 6.44. The van der Waals surface area contributed by atoms with Crippen LogP contribution in [0.1, 0.15) is 19.3 Å². The lowest BCUT2D eigenvalue weighted by Gasteiger charge is -2.21. The van der Waals surface area contributed by atoms with E-state index < -0.39 is 9.92 Å². The molecule has 2 N–H and O–H groups in total. The highest BCUT2D eigenvalue weighted by Crippen LogP contribution is 2.31. The average molecular weight is 276 g/mol. The Labute approximate surface area is 104 Å². The van der Waals surface area contributed by atoms with Gasteiger partial charge in [-0.3, -0.25) is 0 Å². The normalized spacial score (nSPS) is 26.7. The van der Waals surface area contributed by atoms with Gasteiger partial charge in [-0.25, -0.2) is 13.3 Å². The van der Waals surface area contributed by atoms with E-state index in [1.807, 2.05) is 4.31 Å². The molecular weight excluding hydrogens is 257 g/mol. The predicted octanol–water partition coefficient (Wildman–Crippen LogP) is 1.25. The highest BCUT2D eigenvalue weighted by molar-refractivity contribution is 7.91. The van der Waals surface area contributed by atoms with Gasteiger partial charge in [-0.15, -0.1) is 24.8 Å². The molecule has 1 aliphatic carbocycles. The molecule has 1 aliphatic heterocycles. The number of hydrogen-bond acceptors (Lipinski definition) is 3. The largest absolute Gasteiger partial charge is 0.315 e. The first-order valence-electron chi connectivity index (χ1n) is 4.95. The molecule has 1 atom stereocenters. The van der Waals surface area contributed by atoms with Crippen molar-refractivity contribution in [1.29, 1.82) is 4.78 Å². The first-order chi connectivity index (χ1) is 6.21. The fraction of sp³-hybridized carbons (Fsp3) is 1.00. The molecule has 0 bridgehead atoms. The number of nitrogens with one attached hydrogen (secondary N) is 2. The summed E-state index contributed by atoms with van der Waals surface area (Å²) in [4.78, 5) is 0. The highest BCUT2D eigenvalue weighted by Gasteiger charge is 2.36. The van der Waals surface area contributed by atoms with Gasteiger partial charge in [0.2, 0.25) is 0 Å². The Bertz CT molecular complexity index is 272. The van der Waals surface area contributed by atoms with Crippen molar-refractivity contribution in [2.75, 3.05) is 26.2 Å². The molecule has 92 valence electrons. The van der Waals surface area contributed by atoms with Crippen LogP contribution in [0.3, 0.4) is 0 Å². The molecule has 1 saturated carbocycles. The Morgan fingerprint density at radius 3 is 2.47 bits per heavy atom. The Hall–Kier alpha value is 0.450. The number of nitrogens with zero attached hydrogens (tertiary/aromatic N) is 1. The molecule has 4 nitrogen and oxygen atoms in total. The molecule has 1 saturated heterocycles. The van der Waals surface area contributed by atoms with Gasteiger partial charge in [0.05, 0.1) is 5.25 Å². The van der Waals surface area contributed by atoms with Gasteiger partial charge in [0.1, 0.15) is 9.92 Å². The summed E-state index contributed by atoms with van der Waals surface area (Å²) in [6, 6.07) is 0. The molecule has 15 heavy (non-hydrogen) atoms. The lowest BCUT2D eigenvalue weighted by atomic mass is 10.4. The topological polar surface area (TPSA) is 56.2 Å². The van der Waals surface area contributed by atoms with Crippen molar-refractivity contribution in [2.45, 2.75) is 24.5 Å². The van der Waals surface area contributed by atoms with E-state index in [4.69, 9.17) is 4.78 Å². The summed E-state index contributed by atoms with van der Waals surface area (Å²) >= 11 is 0. The smallest absolute Gasteiger partial charge is 0.110 e. The van der Waals surface area contributed by atoms with Crippen LogP contribution in [0.25, 0.3) is 0 Å². The minimum Gasteiger partial charge on any atom is -0.315 e. The molecule has 2 fully saturated rings. The molecular formula is C8H19Cl2N3OS. The van der Waals surface area contributed by atoms with Crippen molar-refractivity contribution in [3.63, 3.8) is 0 Å². The van der Waals surface area contributed by atoms with Crippen molar-refractivity contribution < 1.29 is 4.21 Å². The molecule has 0 aromatic rings. The van der Waals surface area contributed by atoms with Crippen LogP contribution in [0.4, 0.5) is 0 Å². The fourth-order valence-electron chi connectivity index (χ4n) is 1.69. The van der Waals surface area contributed by atoms with Crippen LogP contribution in [0.15, 0.2) is 0 Å². The van der Waals surface area contributed by atoms with Crippen molar-refractivity contribution in [1.82, 2.24) is 9.62 Å². The van der Waals surface area contributed by atoms with E-state index in [0.717, 1.165) is 45.4 Å². The fourth-order valence-corrected chi connectivity index (χ4v) is 3.65. The number of halogens is 2. The molecule has 2 rings (SSSR count). The monoisotopic (exact) mass is 275 g/mol. The van der Waals surface area contributed by atoms with E-state index in [1.165, 1.54) is 0 Å². The molecule has 0 amide bonds. The van der Waals surface area contributed by atoms with E-state index in [2.05, 4.69) is 5.32 Å². The maximum Gasteiger partial charge on any atom is 0.110 e. The van der Waals surface area contributed by atoms with Crippen molar-refractivity contribution >= 4 is 34.7 Å². The molecule has 1 unspecified atom stereocenters. The average Bonchev–Trinajstić information content (AvgIpc) is 2.93. The standard InChI is InChI=1S/C8H17N3OS.2ClH/c9-13(12,8-2-3-8)11-6-1-4-10-5-7-11;;/h8-10H,1-7H2;2*1H. The SMILES string of the molecule is Cl.Cl.N=S(=O)(C1CC1)N1CCCNCC1. The molecule has 0 spiro atoms. The summed E-state index contributed by atoms with van der Waals surface area (Å²) in [7, 11) is -2.42. The highest BCUT2D eigenvalue weighted by atomic mass is 35.5. The van der Waals surface area contributed by atoms with Crippen LogP contribution in [0.5, 0.6) is 0 Å². The van der Waals surface area contributed by atoms with E-state index in [-0.39, 0.29) is 30.1 Å². The van der Waals surface area contributed by atoms with Crippen LogP contribution in [-0.4, -0.2) is 39.9 Å². The maximum absolute atomic E-state index is 12.0. The van der Waals surface area contributed by atoms with Crippen LogP contribution in [0.2, 0.25) is 0 Å². The number of rotatable bonds is 2. The number of hydrogen-bond donors (Lipinski definition) is 2. The van der Waals surface area contributed by atoms with Gasteiger partial charge in [-0.05, 0) is 25.8 Å². The third kappa shape index (κ3) is 3.75. The summed E-state index contributed by atoms with van der Waals surface area (Å²) < 4.78 is 21.8. The first-order valence-corrected chi connectivity index (χ1v) is 6.52. The van der Waals surface area contributed by atoms with Crippen LogP contribution in [0, 0.1) is 4.78 Å². The van der Waals surface area contributed by atoms with Crippen LogP contribution in [-0.2, 0) is 9.92 Å². The van der Waals surface area contributed by atoms with Crippen molar-refractivity contribution in [2.24, 2.45) is 0 Å². The molecule has 0 aromatic carbocycles. The summed E-state index contributed by atoms with van der Waals surface area (Å²) in [5.41, 5.74) is 0. The van der Waals surface area contributed by atoms with Gasteiger partial charge in [-0.2, -0.15) is 0 Å². The molecule has 0 aromatic heterocycles. The minimum atomic E-state index is -2.42. The zero-order chi connectivity index (χ0) is 9.31. The zero-order valence-corrected chi connectivity index (χ0v) is 11.1. The van der Waals surface area contributed by atoms with Crippen molar-refractivity contribution in [3.05, 3.63) is 0 Å². The van der Waals surface area contributed by atoms with Gasteiger partial charge in [0.25, 0.3) is 0 Å². The van der Waals surface area contributed by atoms with Crippen LogP contribution < -0.4 is 5.32 Å². The third-order valence-electron chi connectivity index (χ3n) is 2.66. The van der Waals surface area contributed by atoms with E-state index in [0.29, 0.717) is 0 Å². The second-order valence-electron chi connectivity index (χ2n) is 3.80. The Morgan fingerprint density at radius 2 is 1.87 bits per heavy atom.